The second-order valence-electron chi connectivity index (χ2n) is 8.36. The molecule has 0 saturated heterocycles. The highest BCUT2D eigenvalue weighted by Gasteiger charge is 2.21. The molecule has 0 aliphatic carbocycles. The minimum Gasteiger partial charge on any atom is -0.439 e. The Morgan fingerprint density at radius 2 is 1.76 bits per heavy atom. The molecule has 178 valence electrons. The van der Waals surface area contributed by atoms with Gasteiger partial charge in [0.2, 0.25) is 5.88 Å². The number of hydrogen-bond acceptors (Lipinski definition) is 7. The average Bonchev–Trinajstić information content (AvgIpc) is 3.31. The van der Waals surface area contributed by atoms with E-state index in [1.54, 1.807) is 46.6 Å². The molecule has 0 amide bonds. The van der Waals surface area contributed by atoms with Gasteiger partial charge in [-0.05, 0) is 50.6 Å². The summed E-state index contributed by atoms with van der Waals surface area (Å²) in [5.74, 6) is 2.25. The monoisotopic (exact) mass is 481 g/mol. The first kappa shape index (κ1) is 23.4. The van der Waals surface area contributed by atoms with Gasteiger partial charge in [0.25, 0.3) is 10.0 Å². The molecule has 0 aliphatic heterocycles. The lowest BCUT2D eigenvalue weighted by molar-refractivity contribution is 0.460. The first-order valence-corrected chi connectivity index (χ1v) is 12.2. The number of aryl methyl sites for hydroxylation is 2. The predicted octanol–water partition coefficient (Wildman–Crippen LogP) is 4.04. The highest BCUT2D eigenvalue weighted by atomic mass is 32.2. The van der Waals surface area contributed by atoms with Gasteiger partial charge in [0.05, 0.1) is 5.69 Å². The fourth-order valence-electron chi connectivity index (χ4n) is 3.48. The van der Waals surface area contributed by atoms with Crippen molar-refractivity contribution in [1.29, 1.82) is 0 Å². The van der Waals surface area contributed by atoms with Crippen LogP contribution in [0.25, 0.3) is 5.82 Å². The van der Waals surface area contributed by atoms with Crippen LogP contribution in [0, 0.1) is 20.8 Å². The summed E-state index contributed by atoms with van der Waals surface area (Å²) in [7, 11) is -2.04. The van der Waals surface area contributed by atoms with Crippen molar-refractivity contribution in [2.24, 2.45) is 7.05 Å². The van der Waals surface area contributed by atoms with Crippen LogP contribution in [0.5, 0.6) is 11.6 Å². The summed E-state index contributed by atoms with van der Waals surface area (Å²) in [4.78, 5) is 12.7. The van der Waals surface area contributed by atoms with E-state index in [0.29, 0.717) is 29.0 Å². The van der Waals surface area contributed by atoms with Crippen LogP contribution in [0.1, 0.15) is 42.5 Å². The Kier molecular flexibility index (Phi) is 6.13. The Morgan fingerprint density at radius 1 is 1.06 bits per heavy atom. The van der Waals surface area contributed by atoms with E-state index in [1.807, 2.05) is 34.6 Å². The van der Waals surface area contributed by atoms with E-state index in [-0.39, 0.29) is 10.9 Å². The topological polar surface area (TPSA) is 117 Å². The normalized spacial score (nSPS) is 11.7. The predicted molar refractivity (Wildman–Crippen MR) is 128 cm³/mol. The second-order valence-corrected chi connectivity index (χ2v) is 9.99. The van der Waals surface area contributed by atoms with Gasteiger partial charge in [0.15, 0.2) is 10.8 Å². The van der Waals surface area contributed by atoms with E-state index in [9.17, 15) is 8.42 Å². The third kappa shape index (κ3) is 4.65. The lowest BCUT2D eigenvalue weighted by Crippen LogP contribution is -2.13. The summed E-state index contributed by atoms with van der Waals surface area (Å²) in [5, 5.41) is 4.49. The Bertz CT molecular complexity index is 1440. The molecule has 0 aliphatic rings. The Labute approximate surface area is 198 Å². The number of nitrogens with zero attached hydrogens (tertiary/aromatic N) is 6. The summed E-state index contributed by atoms with van der Waals surface area (Å²) < 4.78 is 37.4. The molecule has 1 aromatic carbocycles. The number of anilines is 1. The molecule has 3 aromatic heterocycles. The van der Waals surface area contributed by atoms with Gasteiger partial charge in [-0.1, -0.05) is 13.8 Å². The molecule has 0 spiro atoms. The molecule has 4 aromatic rings. The zero-order valence-corrected chi connectivity index (χ0v) is 20.8. The Balaban J connectivity index is 1.49. The zero-order valence-electron chi connectivity index (χ0n) is 19.9. The van der Waals surface area contributed by atoms with Gasteiger partial charge in [0, 0.05) is 36.6 Å². The molecule has 0 atom stereocenters. The minimum absolute atomic E-state index is 0.0214. The smallest absolute Gasteiger partial charge is 0.280 e. The van der Waals surface area contributed by atoms with E-state index >= 15 is 0 Å². The van der Waals surface area contributed by atoms with Crippen LogP contribution in [-0.4, -0.2) is 37.7 Å². The molecule has 0 bridgehead atoms. The van der Waals surface area contributed by atoms with Crippen LogP contribution < -0.4 is 9.46 Å². The number of benzene rings is 1. The van der Waals surface area contributed by atoms with Crippen LogP contribution in [0.2, 0.25) is 0 Å². The molecule has 1 N–H and O–H groups in total. The van der Waals surface area contributed by atoms with Crippen LogP contribution >= 0.6 is 0 Å². The summed E-state index contributed by atoms with van der Waals surface area (Å²) in [6, 6.07) is 8.25. The summed E-state index contributed by atoms with van der Waals surface area (Å²) in [6.45, 7) is 9.86. The van der Waals surface area contributed by atoms with Crippen molar-refractivity contribution in [2.45, 2.75) is 45.6 Å². The fourth-order valence-corrected chi connectivity index (χ4v) is 4.54. The molecule has 4 rings (SSSR count). The third-order valence-electron chi connectivity index (χ3n) is 5.51. The number of imidazole rings is 1. The quantitative estimate of drug-likeness (QED) is 0.423. The molecule has 0 radical (unpaired) electrons. The maximum Gasteiger partial charge on any atom is 0.280 e. The van der Waals surface area contributed by atoms with E-state index in [1.165, 1.54) is 12.5 Å². The standard InChI is InChI=1S/C23H27N7O3S/c1-14(2)23-26-22(12-29(23)6)34(31,32)28-18-7-9-19(10-8-18)33-21-11-20(24-13-25-21)30-17(5)15(3)16(4)27-30/h7-14,28H,1-6H3. The second kappa shape index (κ2) is 8.90. The van der Waals surface area contributed by atoms with Crippen LogP contribution in [0.4, 0.5) is 5.69 Å². The van der Waals surface area contributed by atoms with E-state index in [0.717, 1.165) is 17.0 Å². The van der Waals surface area contributed by atoms with Gasteiger partial charge in [0.1, 0.15) is 17.9 Å². The lowest BCUT2D eigenvalue weighted by Gasteiger charge is -2.09. The number of aromatic nitrogens is 6. The van der Waals surface area contributed by atoms with Gasteiger partial charge >= 0.3 is 0 Å². The number of sulfonamides is 1. The molecular formula is C23H27N7O3S. The zero-order chi connectivity index (χ0) is 24.6. The van der Waals surface area contributed by atoms with Crippen molar-refractivity contribution >= 4 is 15.7 Å². The molecule has 0 fully saturated rings. The van der Waals surface area contributed by atoms with Crippen molar-refractivity contribution in [3.8, 4) is 17.4 Å². The molecular weight excluding hydrogens is 454 g/mol. The van der Waals surface area contributed by atoms with Crippen molar-refractivity contribution < 1.29 is 13.2 Å². The maximum atomic E-state index is 12.7. The van der Waals surface area contributed by atoms with Crippen molar-refractivity contribution in [3.63, 3.8) is 0 Å². The van der Waals surface area contributed by atoms with Crippen LogP contribution in [-0.2, 0) is 17.1 Å². The van der Waals surface area contributed by atoms with E-state index < -0.39 is 10.0 Å². The molecule has 34 heavy (non-hydrogen) atoms. The van der Waals surface area contributed by atoms with Crippen molar-refractivity contribution in [3.05, 3.63) is 65.6 Å². The lowest BCUT2D eigenvalue weighted by atomic mass is 10.2. The Hall–Kier alpha value is -3.73. The summed E-state index contributed by atoms with van der Waals surface area (Å²) in [6.07, 6.45) is 2.92. The fraction of sp³-hybridized carbons (Fsp3) is 0.304. The van der Waals surface area contributed by atoms with E-state index in [2.05, 4.69) is 24.8 Å². The number of ether oxygens (including phenoxy) is 1. The van der Waals surface area contributed by atoms with Gasteiger partial charge in [-0.25, -0.2) is 19.6 Å². The highest BCUT2D eigenvalue weighted by molar-refractivity contribution is 7.92. The molecule has 10 nitrogen and oxygen atoms in total. The highest BCUT2D eigenvalue weighted by Crippen LogP contribution is 2.25. The van der Waals surface area contributed by atoms with Crippen LogP contribution in [0.15, 0.2) is 47.9 Å². The summed E-state index contributed by atoms with van der Waals surface area (Å²) in [5.41, 5.74) is 3.42. The molecule has 0 unspecified atom stereocenters. The first-order chi connectivity index (χ1) is 16.0. The minimum atomic E-state index is -3.82. The van der Waals surface area contributed by atoms with Crippen LogP contribution in [0.3, 0.4) is 0 Å². The SMILES string of the molecule is Cc1nn(-c2cc(Oc3ccc(NS(=O)(=O)c4cn(C)c(C(C)C)n4)cc3)ncn2)c(C)c1C. The maximum absolute atomic E-state index is 12.7. The number of hydrogen-bond donors (Lipinski definition) is 1. The van der Waals surface area contributed by atoms with Crippen molar-refractivity contribution in [2.75, 3.05) is 4.72 Å². The van der Waals surface area contributed by atoms with Gasteiger partial charge in [-0.2, -0.15) is 13.5 Å². The third-order valence-corrected chi connectivity index (χ3v) is 6.76. The van der Waals surface area contributed by atoms with Gasteiger partial charge in [-0.15, -0.1) is 0 Å². The molecule has 11 heteroatoms. The van der Waals surface area contributed by atoms with Crippen molar-refractivity contribution in [1.82, 2.24) is 29.3 Å². The molecule has 0 saturated carbocycles. The van der Waals surface area contributed by atoms with E-state index in [4.69, 9.17) is 4.74 Å². The Morgan fingerprint density at radius 3 is 2.35 bits per heavy atom. The average molecular weight is 482 g/mol. The summed E-state index contributed by atoms with van der Waals surface area (Å²) >= 11 is 0. The largest absolute Gasteiger partial charge is 0.439 e. The van der Waals surface area contributed by atoms with Gasteiger partial charge in [-0.3, -0.25) is 4.72 Å². The number of rotatable bonds is 7. The first-order valence-electron chi connectivity index (χ1n) is 10.7. The number of nitrogens with one attached hydrogen (secondary N) is 1. The molecule has 3 heterocycles. The van der Waals surface area contributed by atoms with Gasteiger partial charge < -0.3 is 9.30 Å².